The van der Waals surface area contributed by atoms with Crippen LogP contribution in [0.5, 0.6) is 0 Å². The molecule has 0 aliphatic carbocycles. The van der Waals surface area contributed by atoms with Gasteiger partial charge in [-0.25, -0.2) is 14.6 Å². The number of nitrogens with one attached hydrogen (secondary N) is 3. The zero-order valence-electron chi connectivity index (χ0n) is 22.8. The van der Waals surface area contributed by atoms with Crippen molar-refractivity contribution in [3.05, 3.63) is 35.1 Å². The molecule has 210 valence electrons. The highest BCUT2D eigenvalue weighted by Gasteiger charge is 2.35. The van der Waals surface area contributed by atoms with Gasteiger partial charge in [0.15, 0.2) is 12.4 Å². The Hall–Kier alpha value is -3.34. The number of Topliss-reactive ketones (excluding diaryl/α,β-unsaturated/α-hetero) is 1. The van der Waals surface area contributed by atoms with E-state index in [2.05, 4.69) is 16.1 Å². The van der Waals surface area contributed by atoms with Crippen LogP contribution in [0.1, 0.15) is 69.3 Å². The van der Waals surface area contributed by atoms with E-state index in [-0.39, 0.29) is 42.2 Å². The number of hydrogen-bond donors (Lipinski definition) is 3. The number of hydrogen-bond acceptors (Lipinski definition) is 7. The topological polar surface area (TPSA) is 134 Å². The number of carbonyl (C=O) groups is 5. The van der Waals surface area contributed by atoms with Gasteiger partial charge in [-0.15, -0.1) is 0 Å². The van der Waals surface area contributed by atoms with Gasteiger partial charge in [-0.3, -0.25) is 24.2 Å². The standard InChI is InChI=1S/C27H39FN4O6/c1-16(2)13-23(34)29-12-10-24(35)32-21(7-6-11-30-32)26(36)31-25(17(3)4)22(33)15-38-27(37)20-9-8-19(28)14-18(20)5/h8-9,14,16-17,21,25,30H,6-7,10-13,15H2,1-5H3,(H,29,34)(H,31,36)/t21-,25+/m0/s1. The quantitative estimate of drug-likeness (QED) is 0.350. The maximum absolute atomic E-state index is 13.3. The van der Waals surface area contributed by atoms with E-state index in [1.807, 2.05) is 13.8 Å². The van der Waals surface area contributed by atoms with E-state index in [0.29, 0.717) is 31.4 Å². The lowest BCUT2D eigenvalue weighted by atomic mass is 9.98. The molecule has 0 saturated carbocycles. The summed E-state index contributed by atoms with van der Waals surface area (Å²) in [6.07, 6.45) is 1.45. The monoisotopic (exact) mass is 534 g/mol. The van der Waals surface area contributed by atoms with E-state index in [1.165, 1.54) is 17.1 Å². The lowest BCUT2D eigenvalue weighted by Crippen LogP contribution is -2.61. The third kappa shape index (κ3) is 9.20. The van der Waals surface area contributed by atoms with Gasteiger partial charge in [0.1, 0.15) is 11.9 Å². The van der Waals surface area contributed by atoms with Crippen LogP contribution in [-0.4, -0.2) is 66.3 Å². The SMILES string of the molecule is Cc1cc(F)ccc1C(=O)OCC(=O)[C@H](NC(=O)[C@@H]1CCCNN1C(=O)CCNC(=O)CC(C)C)C(C)C. The molecule has 10 nitrogen and oxygen atoms in total. The largest absolute Gasteiger partial charge is 0.454 e. The number of hydrazine groups is 1. The van der Waals surface area contributed by atoms with Crippen LogP contribution in [0.3, 0.4) is 0 Å². The van der Waals surface area contributed by atoms with Crippen LogP contribution < -0.4 is 16.1 Å². The van der Waals surface area contributed by atoms with E-state index in [0.717, 1.165) is 6.07 Å². The van der Waals surface area contributed by atoms with Crippen molar-refractivity contribution in [2.24, 2.45) is 11.8 Å². The molecule has 0 radical (unpaired) electrons. The summed E-state index contributed by atoms with van der Waals surface area (Å²) in [5.74, 6) is -2.84. The molecule has 3 amide bonds. The molecule has 1 aliphatic heterocycles. The van der Waals surface area contributed by atoms with Gasteiger partial charge in [0.05, 0.1) is 11.6 Å². The number of rotatable bonds is 12. The van der Waals surface area contributed by atoms with Crippen LogP contribution in [0.4, 0.5) is 4.39 Å². The Morgan fingerprint density at radius 3 is 2.50 bits per heavy atom. The number of amides is 3. The molecule has 1 fully saturated rings. The minimum atomic E-state index is -0.946. The molecule has 3 N–H and O–H groups in total. The van der Waals surface area contributed by atoms with Crippen LogP contribution in [-0.2, 0) is 23.9 Å². The molecule has 2 atom stereocenters. The van der Waals surface area contributed by atoms with Crippen molar-refractivity contribution in [1.82, 2.24) is 21.1 Å². The summed E-state index contributed by atoms with van der Waals surface area (Å²) in [6.45, 7) is 9.01. The second-order valence-electron chi connectivity index (χ2n) is 10.3. The molecule has 1 aromatic carbocycles. The summed E-state index contributed by atoms with van der Waals surface area (Å²) in [5.41, 5.74) is 3.47. The molecule has 1 aliphatic rings. The lowest BCUT2D eigenvalue weighted by Gasteiger charge is -2.36. The molecule has 1 saturated heterocycles. The molecule has 11 heteroatoms. The molecule has 38 heavy (non-hydrogen) atoms. The second-order valence-corrected chi connectivity index (χ2v) is 10.3. The minimum Gasteiger partial charge on any atom is -0.454 e. The Morgan fingerprint density at radius 1 is 1.16 bits per heavy atom. The Balaban J connectivity index is 1.97. The van der Waals surface area contributed by atoms with Crippen molar-refractivity contribution in [1.29, 1.82) is 0 Å². The lowest BCUT2D eigenvalue weighted by molar-refractivity contribution is -0.147. The van der Waals surface area contributed by atoms with Gasteiger partial charge in [0.25, 0.3) is 0 Å². The molecule has 0 spiro atoms. The third-order valence-corrected chi connectivity index (χ3v) is 6.14. The Morgan fingerprint density at radius 2 is 1.87 bits per heavy atom. The van der Waals surface area contributed by atoms with Crippen LogP contribution in [0, 0.1) is 24.6 Å². The Labute approximate surface area is 223 Å². The second kappa shape index (κ2) is 14.6. The fourth-order valence-corrected chi connectivity index (χ4v) is 4.15. The number of ether oxygens (including phenoxy) is 1. The summed E-state index contributed by atoms with van der Waals surface area (Å²) < 4.78 is 18.5. The minimum absolute atomic E-state index is 0.0198. The maximum Gasteiger partial charge on any atom is 0.338 e. The van der Waals surface area contributed by atoms with Crippen molar-refractivity contribution in [3.63, 3.8) is 0 Å². The fourth-order valence-electron chi connectivity index (χ4n) is 4.15. The molecule has 2 rings (SSSR count). The Kier molecular flexibility index (Phi) is 11.8. The Bertz CT molecular complexity index is 1030. The van der Waals surface area contributed by atoms with E-state index >= 15 is 0 Å². The zero-order valence-corrected chi connectivity index (χ0v) is 22.8. The van der Waals surface area contributed by atoms with Crippen molar-refractivity contribution in [2.75, 3.05) is 19.7 Å². The van der Waals surface area contributed by atoms with Crippen LogP contribution in [0.15, 0.2) is 18.2 Å². The molecule has 0 aromatic heterocycles. The highest BCUT2D eigenvalue weighted by atomic mass is 19.1. The molecule has 1 heterocycles. The number of nitrogens with zero attached hydrogens (tertiary/aromatic N) is 1. The highest BCUT2D eigenvalue weighted by molar-refractivity contribution is 5.96. The predicted octanol–water partition coefficient (Wildman–Crippen LogP) is 2.05. The predicted molar refractivity (Wildman–Crippen MR) is 138 cm³/mol. The van der Waals surface area contributed by atoms with Gasteiger partial charge in [-0.2, -0.15) is 0 Å². The molecule has 0 unspecified atom stereocenters. The van der Waals surface area contributed by atoms with Crippen LogP contribution in [0.25, 0.3) is 0 Å². The van der Waals surface area contributed by atoms with Gasteiger partial charge in [0.2, 0.25) is 17.7 Å². The molecular formula is C27H39FN4O6. The zero-order chi connectivity index (χ0) is 28.4. The van der Waals surface area contributed by atoms with Crippen molar-refractivity contribution in [2.45, 2.75) is 72.4 Å². The molecule has 1 aromatic rings. The summed E-state index contributed by atoms with van der Waals surface area (Å²) in [7, 11) is 0. The van der Waals surface area contributed by atoms with E-state index < -0.39 is 42.2 Å². The number of ketones is 1. The first kappa shape index (κ1) is 30.9. The number of carbonyl (C=O) groups excluding carboxylic acids is 5. The first-order valence-corrected chi connectivity index (χ1v) is 13.0. The van der Waals surface area contributed by atoms with Crippen molar-refractivity contribution in [3.8, 4) is 0 Å². The first-order valence-electron chi connectivity index (χ1n) is 13.0. The molecule has 0 bridgehead atoms. The number of aryl methyl sites for hydroxylation is 1. The van der Waals surface area contributed by atoms with E-state index in [9.17, 15) is 28.4 Å². The number of esters is 1. The average molecular weight is 535 g/mol. The third-order valence-electron chi connectivity index (χ3n) is 6.14. The fraction of sp³-hybridized carbons (Fsp3) is 0.593. The van der Waals surface area contributed by atoms with Crippen LogP contribution >= 0.6 is 0 Å². The summed E-state index contributed by atoms with van der Waals surface area (Å²) in [6, 6.07) is 1.84. The average Bonchev–Trinajstić information content (AvgIpc) is 2.84. The van der Waals surface area contributed by atoms with Gasteiger partial charge in [-0.1, -0.05) is 27.7 Å². The van der Waals surface area contributed by atoms with Crippen molar-refractivity contribution >= 4 is 29.5 Å². The van der Waals surface area contributed by atoms with Gasteiger partial charge in [-0.05, 0) is 55.4 Å². The maximum atomic E-state index is 13.3. The molecular weight excluding hydrogens is 495 g/mol. The normalized spacial score (nSPS) is 16.2. The first-order chi connectivity index (χ1) is 17.9. The van der Waals surface area contributed by atoms with Crippen molar-refractivity contribution < 1.29 is 33.1 Å². The highest BCUT2D eigenvalue weighted by Crippen LogP contribution is 2.15. The smallest absolute Gasteiger partial charge is 0.338 e. The van der Waals surface area contributed by atoms with Gasteiger partial charge >= 0.3 is 5.97 Å². The van der Waals surface area contributed by atoms with Gasteiger partial charge in [0, 0.05) is 25.9 Å². The number of benzene rings is 1. The van der Waals surface area contributed by atoms with E-state index in [1.54, 1.807) is 20.8 Å². The van der Waals surface area contributed by atoms with E-state index in [4.69, 9.17) is 4.74 Å². The van der Waals surface area contributed by atoms with Crippen LogP contribution in [0.2, 0.25) is 0 Å². The summed E-state index contributed by atoms with van der Waals surface area (Å²) in [5, 5.41) is 6.70. The number of halogens is 1. The summed E-state index contributed by atoms with van der Waals surface area (Å²) in [4.78, 5) is 63.1. The summed E-state index contributed by atoms with van der Waals surface area (Å²) >= 11 is 0. The van der Waals surface area contributed by atoms with Gasteiger partial charge < -0.3 is 15.4 Å².